The van der Waals surface area contributed by atoms with E-state index in [1.54, 1.807) is 12.1 Å². The predicted octanol–water partition coefficient (Wildman–Crippen LogP) is 3.12. The van der Waals surface area contributed by atoms with E-state index < -0.39 is 0 Å². The third kappa shape index (κ3) is 3.57. The maximum atomic E-state index is 13.4. The van der Waals surface area contributed by atoms with E-state index in [1.165, 1.54) is 12.1 Å². The number of hydrogen-bond acceptors (Lipinski definition) is 4. The number of benzene rings is 1. The highest BCUT2D eigenvalue weighted by Gasteiger charge is 2.34. The Morgan fingerprint density at radius 1 is 1.03 bits per heavy atom. The van der Waals surface area contributed by atoms with Gasteiger partial charge in [-0.15, -0.1) is 0 Å². The zero-order valence-corrected chi connectivity index (χ0v) is 16.5. The van der Waals surface area contributed by atoms with E-state index in [4.69, 9.17) is 14.6 Å². The van der Waals surface area contributed by atoms with Gasteiger partial charge in [0.2, 0.25) is 0 Å². The molecule has 3 heterocycles. The normalized spacial score (nSPS) is 20.8. The average Bonchev–Trinajstić information content (AvgIpc) is 3.43. The van der Waals surface area contributed by atoms with Gasteiger partial charge in [0.15, 0.2) is 12.0 Å². The zero-order chi connectivity index (χ0) is 19.8. The van der Waals surface area contributed by atoms with E-state index in [2.05, 4.69) is 0 Å². The lowest BCUT2D eigenvalue weighted by Gasteiger charge is -2.33. The van der Waals surface area contributed by atoms with Crippen LogP contribution in [0.2, 0.25) is 0 Å². The quantitative estimate of drug-likeness (QED) is 0.796. The van der Waals surface area contributed by atoms with Gasteiger partial charge in [0.1, 0.15) is 5.82 Å². The molecular formula is C22H26FN3O3. The number of fused-ring (bicyclic) bond motifs is 1. The Morgan fingerprint density at radius 2 is 1.72 bits per heavy atom. The molecule has 0 atom stereocenters. The number of carbonyl (C=O) groups excluding carboxylic acids is 1. The summed E-state index contributed by atoms with van der Waals surface area (Å²) in [7, 11) is 0. The Bertz CT molecular complexity index is 881. The third-order valence-electron chi connectivity index (χ3n) is 6.31. The van der Waals surface area contributed by atoms with Gasteiger partial charge in [-0.05, 0) is 62.8 Å². The van der Waals surface area contributed by atoms with Crippen LogP contribution in [-0.2, 0) is 22.3 Å². The van der Waals surface area contributed by atoms with Crippen molar-refractivity contribution >= 4 is 5.91 Å². The molecule has 6 nitrogen and oxygen atoms in total. The first-order valence-electron chi connectivity index (χ1n) is 10.6. The Hall–Kier alpha value is -2.25. The van der Waals surface area contributed by atoms with Crippen LogP contribution in [0.1, 0.15) is 47.4 Å². The van der Waals surface area contributed by atoms with Gasteiger partial charge in [-0.25, -0.2) is 9.07 Å². The van der Waals surface area contributed by atoms with Gasteiger partial charge in [-0.2, -0.15) is 5.10 Å². The van der Waals surface area contributed by atoms with Crippen LogP contribution < -0.4 is 0 Å². The first kappa shape index (κ1) is 18.8. The van der Waals surface area contributed by atoms with E-state index in [0.717, 1.165) is 55.5 Å². The molecule has 3 aliphatic rings. The zero-order valence-electron chi connectivity index (χ0n) is 16.5. The summed E-state index contributed by atoms with van der Waals surface area (Å²) in [5.74, 6) is 0.0899. The Labute approximate surface area is 169 Å². The van der Waals surface area contributed by atoms with Crippen molar-refractivity contribution < 1.29 is 18.7 Å². The number of piperidine rings is 1. The summed E-state index contributed by atoms with van der Waals surface area (Å²) >= 11 is 0. The number of aromatic nitrogens is 2. The van der Waals surface area contributed by atoms with Crippen LogP contribution in [0, 0.1) is 11.7 Å². The number of ether oxygens (including phenoxy) is 2. The summed E-state index contributed by atoms with van der Waals surface area (Å²) in [6.45, 7) is 2.73. The summed E-state index contributed by atoms with van der Waals surface area (Å²) in [5, 5.41) is 4.72. The van der Waals surface area contributed by atoms with Crippen LogP contribution in [0.5, 0.6) is 0 Å². The SMILES string of the molecule is O=C(c1nn(-c2ccc(F)cc2)c2c1CCCC2)N1CCC(C2OCCO2)CC1. The van der Waals surface area contributed by atoms with Crippen molar-refractivity contribution in [3.05, 3.63) is 47.0 Å². The summed E-state index contributed by atoms with van der Waals surface area (Å²) in [6.07, 6.45) is 5.58. The van der Waals surface area contributed by atoms with E-state index >= 15 is 0 Å². The molecule has 0 saturated carbocycles. The standard InChI is InChI=1S/C22H26FN3O3/c23-16-5-7-17(8-6-16)26-19-4-2-1-3-18(19)20(24-26)21(27)25-11-9-15(10-12-25)22-28-13-14-29-22/h5-8,15,22H,1-4,9-14H2. The van der Waals surface area contributed by atoms with Gasteiger partial charge in [-0.1, -0.05) is 0 Å². The topological polar surface area (TPSA) is 56.6 Å². The summed E-state index contributed by atoms with van der Waals surface area (Å²) in [5.41, 5.74) is 3.53. The first-order chi connectivity index (χ1) is 14.2. The first-order valence-corrected chi connectivity index (χ1v) is 10.6. The maximum Gasteiger partial charge on any atom is 0.274 e. The summed E-state index contributed by atoms with van der Waals surface area (Å²) in [4.78, 5) is 15.2. The molecule has 7 heteroatoms. The molecule has 154 valence electrons. The number of halogens is 1. The predicted molar refractivity (Wildman–Crippen MR) is 104 cm³/mol. The number of amides is 1. The molecular weight excluding hydrogens is 373 g/mol. The molecule has 0 N–H and O–H groups in total. The molecule has 2 fully saturated rings. The average molecular weight is 399 g/mol. The largest absolute Gasteiger partial charge is 0.350 e. The molecule has 0 unspecified atom stereocenters. The Morgan fingerprint density at radius 3 is 2.45 bits per heavy atom. The highest BCUT2D eigenvalue weighted by Crippen LogP contribution is 2.30. The third-order valence-corrected chi connectivity index (χ3v) is 6.31. The summed E-state index contributed by atoms with van der Waals surface area (Å²) < 4.78 is 26.5. The Balaban J connectivity index is 1.38. The second-order valence-corrected chi connectivity index (χ2v) is 8.11. The van der Waals surface area contributed by atoms with Crippen LogP contribution in [0.3, 0.4) is 0 Å². The number of carbonyl (C=O) groups is 1. The van der Waals surface area contributed by atoms with Gasteiger partial charge in [0.05, 0.1) is 18.9 Å². The van der Waals surface area contributed by atoms with Crippen molar-refractivity contribution in [3.63, 3.8) is 0 Å². The fraction of sp³-hybridized carbons (Fsp3) is 0.545. The molecule has 0 spiro atoms. The van der Waals surface area contributed by atoms with Crippen molar-refractivity contribution in [2.75, 3.05) is 26.3 Å². The highest BCUT2D eigenvalue weighted by atomic mass is 19.1. The molecule has 1 aromatic heterocycles. The van der Waals surface area contributed by atoms with E-state index in [9.17, 15) is 9.18 Å². The molecule has 2 aromatic rings. The second kappa shape index (κ2) is 7.88. The molecule has 1 aliphatic carbocycles. The molecule has 5 rings (SSSR count). The van der Waals surface area contributed by atoms with Crippen molar-refractivity contribution in [2.24, 2.45) is 5.92 Å². The number of likely N-dealkylation sites (tertiary alicyclic amines) is 1. The van der Waals surface area contributed by atoms with Crippen molar-refractivity contribution in [3.8, 4) is 5.69 Å². The Kier molecular flexibility index (Phi) is 5.09. The number of hydrogen-bond donors (Lipinski definition) is 0. The lowest BCUT2D eigenvalue weighted by atomic mass is 9.93. The van der Waals surface area contributed by atoms with Crippen LogP contribution in [0.15, 0.2) is 24.3 Å². The molecule has 0 radical (unpaired) electrons. The van der Waals surface area contributed by atoms with Gasteiger partial charge in [-0.3, -0.25) is 4.79 Å². The monoisotopic (exact) mass is 399 g/mol. The van der Waals surface area contributed by atoms with E-state index in [0.29, 0.717) is 37.9 Å². The van der Waals surface area contributed by atoms with Crippen LogP contribution in [0.4, 0.5) is 4.39 Å². The van der Waals surface area contributed by atoms with Crippen LogP contribution in [0.25, 0.3) is 5.69 Å². The smallest absolute Gasteiger partial charge is 0.274 e. The van der Waals surface area contributed by atoms with Crippen molar-refractivity contribution in [2.45, 2.75) is 44.8 Å². The molecule has 2 saturated heterocycles. The van der Waals surface area contributed by atoms with Crippen molar-refractivity contribution in [1.29, 1.82) is 0 Å². The highest BCUT2D eigenvalue weighted by molar-refractivity contribution is 5.94. The molecule has 29 heavy (non-hydrogen) atoms. The van der Waals surface area contributed by atoms with E-state index in [-0.39, 0.29) is 18.0 Å². The number of nitrogens with zero attached hydrogens (tertiary/aromatic N) is 3. The van der Waals surface area contributed by atoms with Gasteiger partial charge in [0, 0.05) is 30.3 Å². The van der Waals surface area contributed by atoms with Crippen LogP contribution >= 0.6 is 0 Å². The van der Waals surface area contributed by atoms with Crippen LogP contribution in [-0.4, -0.2) is 53.2 Å². The minimum absolute atomic E-state index is 0.00993. The lowest BCUT2D eigenvalue weighted by Crippen LogP contribution is -2.42. The molecule has 1 aromatic carbocycles. The minimum atomic E-state index is -0.274. The van der Waals surface area contributed by atoms with Gasteiger partial charge >= 0.3 is 0 Å². The second-order valence-electron chi connectivity index (χ2n) is 8.11. The molecule has 0 bridgehead atoms. The summed E-state index contributed by atoms with van der Waals surface area (Å²) in [6, 6.07) is 6.31. The number of rotatable bonds is 3. The fourth-order valence-electron chi connectivity index (χ4n) is 4.74. The maximum absolute atomic E-state index is 13.4. The van der Waals surface area contributed by atoms with Gasteiger partial charge in [0.25, 0.3) is 5.91 Å². The van der Waals surface area contributed by atoms with Gasteiger partial charge < -0.3 is 14.4 Å². The molecule has 2 aliphatic heterocycles. The lowest BCUT2D eigenvalue weighted by molar-refractivity contribution is -0.0956. The fourth-order valence-corrected chi connectivity index (χ4v) is 4.74. The van der Waals surface area contributed by atoms with Crippen molar-refractivity contribution in [1.82, 2.24) is 14.7 Å². The van der Waals surface area contributed by atoms with E-state index in [1.807, 2.05) is 9.58 Å². The minimum Gasteiger partial charge on any atom is -0.350 e. The molecule has 1 amide bonds.